The number of carbonyl (C=O) groups excluding carboxylic acids is 2. The van der Waals surface area contributed by atoms with E-state index in [1.165, 1.54) is 42.6 Å². The van der Waals surface area contributed by atoms with Crippen LogP contribution in [0.1, 0.15) is 23.0 Å². The molecule has 0 spiro atoms. The topological polar surface area (TPSA) is 118 Å². The van der Waals surface area contributed by atoms with Gasteiger partial charge in [0.25, 0.3) is 15.9 Å². The highest BCUT2D eigenvalue weighted by atomic mass is 35.5. The maximum Gasteiger partial charge on any atom is 0.338 e. The largest absolute Gasteiger partial charge is 0.462 e. The van der Waals surface area contributed by atoms with Crippen LogP contribution in [0.4, 0.5) is 5.69 Å². The number of sulfonamides is 1. The van der Waals surface area contributed by atoms with Gasteiger partial charge in [-0.1, -0.05) is 41.4 Å². The van der Waals surface area contributed by atoms with E-state index in [1.807, 2.05) is 0 Å². The number of halogens is 2. The Bertz CT molecular complexity index is 1640. The van der Waals surface area contributed by atoms with Gasteiger partial charge in [0.15, 0.2) is 0 Å². The van der Waals surface area contributed by atoms with Crippen LogP contribution in [-0.4, -0.2) is 39.7 Å². The van der Waals surface area contributed by atoms with Crippen LogP contribution >= 0.6 is 23.2 Å². The Labute approximate surface area is 241 Å². The lowest BCUT2D eigenvalue weighted by molar-refractivity contribution is -0.119. The van der Waals surface area contributed by atoms with Crippen molar-refractivity contribution in [3.8, 4) is 11.3 Å². The lowest BCUT2D eigenvalue weighted by Gasteiger charge is -2.23. The predicted octanol–water partition coefficient (Wildman–Crippen LogP) is 5.78. The first-order chi connectivity index (χ1) is 19.2. The molecule has 0 bridgehead atoms. The zero-order valence-corrected chi connectivity index (χ0v) is 23.4. The van der Waals surface area contributed by atoms with E-state index >= 15 is 0 Å². The van der Waals surface area contributed by atoms with Crippen molar-refractivity contribution in [3.05, 3.63) is 106 Å². The summed E-state index contributed by atoms with van der Waals surface area (Å²) < 4.78 is 38.4. The van der Waals surface area contributed by atoms with E-state index in [4.69, 9.17) is 32.4 Å². The molecule has 1 amide bonds. The number of hydrogen-bond donors (Lipinski definition) is 1. The Balaban J connectivity index is 1.45. The summed E-state index contributed by atoms with van der Waals surface area (Å²) in [5.74, 6) is -0.253. The minimum atomic E-state index is -4.14. The molecule has 0 aliphatic rings. The summed E-state index contributed by atoms with van der Waals surface area (Å²) in [4.78, 5) is 24.5. The molecule has 0 fully saturated rings. The first-order valence-electron chi connectivity index (χ1n) is 11.9. The zero-order chi connectivity index (χ0) is 28.7. The number of nitrogens with one attached hydrogen (secondary N) is 1. The number of carbonyl (C=O) groups is 2. The van der Waals surface area contributed by atoms with Gasteiger partial charge in [-0.15, -0.1) is 0 Å². The number of furan rings is 1. The van der Waals surface area contributed by atoms with Crippen molar-refractivity contribution in [2.75, 3.05) is 17.5 Å². The molecule has 1 N–H and O–H groups in total. The normalized spacial score (nSPS) is 11.4. The molecule has 206 valence electrons. The van der Waals surface area contributed by atoms with Crippen molar-refractivity contribution in [1.29, 1.82) is 0 Å². The van der Waals surface area contributed by atoms with Gasteiger partial charge in [0.2, 0.25) is 0 Å². The lowest BCUT2D eigenvalue weighted by Crippen LogP contribution is -2.39. The highest BCUT2D eigenvalue weighted by Crippen LogP contribution is 2.27. The van der Waals surface area contributed by atoms with E-state index in [2.05, 4.69) is 10.5 Å². The van der Waals surface area contributed by atoms with Gasteiger partial charge in [-0.25, -0.2) is 18.6 Å². The molecule has 4 aromatic rings. The number of rotatable bonds is 10. The molecule has 0 unspecified atom stereocenters. The molecule has 0 aliphatic heterocycles. The molecule has 12 heteroatoms. The average Bonchev–Trinajstić information content (AvgIpc) is 3.41. The van der Waals surface area contributed by atoms with Crippen LogP contribution < -0.4 is 9.73 Å². The fourth-order valence-corrected chi connectivity index (χ4v) is 5.30. The first-order valence-corrected chi connectivity index (χ1v) is 14.1. The molecular weight excluding hydrogens is 577 g/mol. The fraction of sp³-hybridized carbons (Fsp3) is 0.107. The monoisotopic (exact) mass is 599 g/mol. The summed E-state index contributed by atoms with van der Waals surface area (Å²) in [7, 11) is -4.14. The van der Waals surface area contributed by atoms with Crippen LogP contribution in [0, 0.1) is 0 Å². The quantitative estimate of drug-likeness (QED) is 0.140. The minimum absolute atomic E-state index is 0.0495. The van der Waals surface area contributed by atoms with E-state index < -0.39 is 28.4 Å². The number of amides is 1. The molecule has 3 aromatic carbocycles. The summed E-state index contributed by atoms with van der Waals surface area (Å²) in [6.45, 7) is 1.45. The third-order valence-corrected chi connectivity index (χ3v) is 7.75. The molecule has 40 heavy (non-hydrogen) atoms. The van der Waals surface area contributed by atoms with Crippen LogP contribution in [0.25, 0.3) is 11.3 Å². The van der Waals surface area contributed by atoms with Gasteiger partial charge in [-0.3, -0.25) is 9.10 Å². The number of hydrogen-bond acceptors (Lipinski definition) is 7. The second-order valence-electron chi connectivity index (χ2n) is 8.24. The minimum Gasteiger partial charge on any atom is -0.462 e. The van der Waals surface area contributed by atoms with E-state index in [0.717, 1.165) is 9.87 Å². The van der Waals surface area contributed by atoms with Crippen LogP contribution in [0.2, 0.25) is 10.0 Å². The number of benzene rings is 3. The van der Waals surface area contributed by atoms with Gasteiger partial charge in [-0.2, -0.15) is 5.10 Å². The smallest absolute Gasteiger partial charge is 0.338 e. The Morgan fingerprint density at radius 3 is 2.38 bits per heavy atom. The van der Waals surface area contributed by atoms with Gasteiger partial charge < -0.3 is 9.15 Å². The SMILES string of the molecule is CCOC(=O)c1ccc(-c2ccc(/C=N\NC(=O)CN(c3cccc(Cl)c3)S(=O)(=O)c3ccc(Cl)cc3)o2)cc1. The van der Waals surface area contributed by atoms with Crippen molar-refractivity contribution in [2.24, 2.45) is 5.10 Å². The number of hydrazone groups is 1. The van der Waals surface area contributed by atoms with Gasteiger partial charge in [0.1, 0.15) is 18.1 Å². The molecule has 0 saturated heterocycles. The molecule has 0 aliphatic carbocycles. The molecule has 0 atom stereocenters. The standard InChI is InChI=1S/C28H23Cl2N3O6S/c1-2-38-28(35)20-8-6-19(7-9-20)26-15-12-24(39-26)17-31-32-27(34)18-33(23-5-3-4-22(30)16-23)40(36,37)25-13-10-21(29)11-14-25/h3-17H,2,18H2,1H3,(H,32,34)/b31-17-. The van der Waals surface area contributed by atoms with E-state index in [-0.39, 0.29) is 17.2 Å². The molecule has 1 heterocycles. The molecule has 0 saturated carbocycles. The highest BCUT2D eigenvalue weighted by Gasteiger charge is 2.27. The fourth-order valence-electron chi connectivity index (χ4n) is 3.58. The Kier molecular flexibility index (Phi) is 9.26. The first kappa shape index (κ1) is 28.9. The van der Waals surface area contributed by atoms with Crippen molar-refractivity contribution >= 4 is 57.0 Å². The zero-order valence-electron chi connectivity index (χ0n) is 21.1. The second-order valence-corrected chi connectivity index (χ2v) is 11.0. The second kappa shape index (κ2) is 12.8. The van der Waals surface area contributed by atoms with Crippen LogP contribution in [0.5, 0.6) is 0 Å². The van der Waals surface area contributed by atoms with E-state index in [9.17, 15) is 18.0 Å². The highest BCUT2D eigenvalue weighted by molar-refractivity contribution is 7.92. The number of esters is 1. The van der Waals surface area contributed by atoms with E-state index in [0.29, 0.717) is 27.1 Å². The van der Waals surface area contributed by atoms with Crippen molar-refractivity contribution in [1.82, 2.24) is 5.43 Å². The number of anilines is 1. The number of ether oxygens (including phenoxy) is 1. The third kappa shape index (κ3) is 7.09. The molecule has 4 rings (SSSR count). The average molecular weight is 600 g/mol. The van der Waals surface area contributed by atoms with Gasteiger partial charge in [0, 0.05) is 15.6 Å². The van der Waals surface area contributed by atoms with Crippen LogP contribution in [0.15, 0.2) is 99.3 Å². The Hall–Kier alpha value is -4.12. The third-order valence-electron chi connectivity index (χ3n) is 5.47. The van der Waals surface area contributed by atoms with Crippen molar-refractivity contribution < 1.29 is 27.2 Å². The van der Waals surface area contributed by atoms with Crippen molar-refractivity contribution in [3.63, 3.8) is 0 Å². The maximum atomic E-state index is 13.4. The van der Waals surface area contributed by atoms with Gasteiger partial charge in [0.05, 0.1) is 29.0 Å². The van der Waals surface area contributed by atoms with Crippen LogP contribution in [0.3, 0.4) is 0 Å². The number of nitrogens with zero attached hydrogens (tertiary/aromatic N) is 2. The predicted molar refractivity (Wildman–Crippen MR) is 153 cm³/mol. The molecule has 1 aromatic heterocycles. The van der Waals surface area contributed by atoms with Crippen LogP contribution in [-0.2, 0) is 19.6 Å². The molecular formula is C28H23Cl2N3O6S. The lowest BCUT2D eigenvalue weighted by atomic mass is 10.1. The van der Waals surface area contributed by atoms with Gasteiger partial charge in [-0.05, 0) is 73.7 Å². The summed E-state index contributed by atoms with van der Waals surface area (Å²) in [6.07, 6.45) is 1.28. The summed E-state index contributed by atoms with van der Waals surface area (Å²) in [6, 6.07) is 21.8. The summed E-state index contributed by atoms with van der Waals surface area (Å²) >= 11 is 12.0. The maximum absolute atomic E-state index is 13.4. The van der Waals surface area contributed by atoms with Gasteiger partial charge >= 0.3 is 5.97 Å². The summed E-state index contributed by atoms with van der Waals surface area (Å²) in [5, 5.41) is 4.57. The van der Waals surface area contributed by atoms with Crippen molar-refractivity contribution in [2.45, 2.75) is 11.8 Å². The van der Waals surface area contributed by atoms with E-state index in [1.54, 1.807) is 55.5 Å². The molecule has 0 radical (unpaired) electrons. The Morgan fingerprint density at radius 1 is 0.975 bits per heavy atom. The Morgan fingerprint density at radius 2 is 1.70 bits per heavy atom. The summed E-state index contributed by atoms with van der Waals surface area (Å²) in [5.41, 5.74) is 3.66. The molecule has 9 nitrogen and oxygen atoms in total.